The fourth-order valence-corrected chi connectivity index (χ4v) is 2.45. The fourth-order valence-electron chi connectivity index (χ4n) is 2.45. The summed E-state index contributed by atoms with van der Waals surface area (Å²) in [5.74, 6) is -1.38. The van der Waals surface area contributed by atoms with Crippen LogP contribution in [0.2, 0.25) is 0 Å². The fraction of sp³-hybridized carbons (Fsp3) is 0.412. The molecule has 2 rings (SSSR count). The van der Waals surface area contributed by atoms with Crippen LogP contribution in [0.25, 0.3) is 0 Å². The van der Waals surface area contributed by atoms with Gasteiger partial charge in [0.1, 0.15) is 0 Å². The Bertz CT molecular complexity index is 580. The van der Waals surface area contributed by atoms with Crippen molar-refractivity contribution in [2.75, 3.05) is 13.7 Å². The van der Waals surface area contributed by atoms with E-state index in [1.54, 1.807) is 13.0 Å². The lowest BCUT2D eigenvalue weighted by molar-refractivity contribution is -0.206. The third-order valence-corrected chi connectivity index (χ3v) is 3.40. The van der Waals surface area contributed by atoms with Gasteiger partial charge < -0.3 is 18.9 Å². The van der Waals surface area contributed by atoms with E-state index in [0.717, 1.165) is 5.56 Å². The first-order valence-electron chi connectivity index (χ1n) is 7.37. The Morgan fingerprint density at radius 3 is 2.48 bits per heavy atom. The van der Waals surface area contributed by atoms with Gasteiger partial charge in [-0.1, -0.05) is 30.3 Å². The number of carbonyl (C=O) groups is 2. The number of benzene rings is 1. The summed E-state index contributed by atoms with van der Waals surface area (Å²) in [5, 5.41) is 0. The largest absolute Gasteiger partial charge is 0.463 e. The van der Waals surface area contributed by atoms with Crippen molar-refractivity contribution in [3.63, 3.8) is 0 Å². The van der Waals surface area contributed by atoms with Crippen LogP contribution in [0.5, 0.6) is 0 Å². The number of hydrogen-bond acceptors (Lipinski definition) is 6. The van der Waals surface area contributed by atoms with Gasteiger partial charge in [-0.15, -0.1) is 0 Å². The van der Waals surface area contributed by atoms with Crippen LogP contribution in [0.15, 0.2) is 42.2 Å². The summed E-state index contributed by atoms with van der Waals surface area (Å²) in [5.41, 5.74) is 0.883. The molecule has 0 spiro atoms. The molecule has 0 unspecified atom stereocenters. The molecule has 1 heterocycles. The molecule has 0 saturated heterocycles. The lowest BCUT2D eigenvalue weighted by Gasteiger charge is -2.35. The zero-order chi connectivity index (χ0) is 16.8. The zero-order valence-electron chi connectivity index (χ0n) is 13.4. The van der Waals surface area contributed by atoms with E-state index in [1.165, 1.54) is 14.0 Å². The Morgan fingerprint density at radius 1 is 1.22 bits per heavy atom. The SMILES string of the molecule is CCO[C@H]1OC(C(=O)OC)=C[C@@H](c2ccccc2)[C@H]1OC(C)=O. The molecule has 0 saturated carbocycles. The highest BCUT2D eigenvalue weighted by molar-refractivity contribution is 5.86. The zero-order valence-corrected chi connectivity index (χ0v) is 13.4. The number of hydrogen-bond donors (Lipinski definition) is 0. The van der Waals surface area contributed by atoms with E-state index in [2.05, 4.69) is 0 Å². The number of methoxy groups -OCH3 is 1. The summed E-state index contributed by atoms with van der Waals surface area (Å²) >= 11 is 0. The highest BCUT2D eigenvalue weighted by Gasteiger charge is 2.40. The van der Waals surface area contributed by atoms with Crippen LogP contribution in [-0.4, -0.2) is 38.0 Å². The lowest BCUT2D eigenvalue weighted by Crippen LogP contribution is -2.43. The normalized spacial score (nSPS) is 23.4. The van der Waals surface area contributed by atoms with E-state index in [9.17, 15) is 9.59 Å². The summed E-state index contributed by atoms with van der Waals surface area (Å²) in [6.07, 6.45) is 0.0288. The van der Waals surface area contributed by atoms with Crippen LogP contribution in [-0.2, 0) is 28.5 Å². The summed E-state index contributed by atoms with van der Waals surface area (Å²) in [7, 11) is 1.28. The van der Waals surface area contributed by atoms with Crippen molar-refractivity contribution in [1.29, 1.82) is 0 Å². The van der Waals surface area contributed by atoms with Gasteiger partial charge in [0.05, 0.1) is 7.11 Å². The van der Waals surface area contributed by atoms with Crippen LogP contribution >= 0.6 is 0 Å². The molecule has 1 aromatic rings. The molecule has 1 aliphatic rings. The highest BCUT2D eigenvalue weighted by Crippen LogP contribution is 2.34. The number of ether oxygens (including phenoxy) is 4. The minimum atomic E-state index is -0.881. The minimum absolute atomic E-state index is 0.0446. The predicted octanol–water partition coefficient (Wildman–Crippen LogP) is 2.15. The molecule has 6 nitrogen and oxygen atoms in total. The first kappa shape index (κ1) is 17.0. The highest BCUT2D eigenvalue weighted by atomic mass is 16.7. The van der Waals surface area contributed by atoms with E-state index in [4.69, 9.17) is 18.9 Å². The van der Waals surface area contributed by atoms with E-state index in [1.807, 2.05) is 30.3 Å². The summed E-state index contributed by atoms with van der Waals surface area (Å²) in [6, 6.07) is 9.41. The summed E-state index contributed by atoms with van der Waals surface area (Å²) in [6.45, 7) is 3.46. The van der Waals surface area contributed by atoms with Gasteiger partial charge in [0.15, 0.2) is 6.10 Å². The Hall–Kier alpha value is -2.34. The molecule has 23 heavy (non-hydrogen) atoms. The van der Waals surface area contributed by atoms with Gasteiger partial charge in [0.25, 0.3) is 0 Å². The average molecular weight is 320 g/mol. The Morgan fingerprint density at radius 2 is 1.91 bits per heavy atom. The minimum Gasteiger partial charge on any atom is -0.463 e. The molecule has 0 aliphatic carbocycles. The maximum Gasteiger partial charge on any atom is 0.373 e. The van der Waals surface area contributed by atoms with Gasteiger partial charge in [-0.05, 0) is 18.6 Å². The smallest absolute Gasteiger partial charge is 0.373 e. The molecule has 1 aliphatic heterocycles. The maximum atomic E-state index is 11.8. The van der Waals surface area contributed by atoms with E-state index in [0.29, 0.717) is 6.61 Å². The molecule has 6 heteroatoms. The molecule has 124 valence electrons. The molecule has 0 amide bonds. The van der Waals surface area contributed by atoms with Gasteiger partial charge in [-0.25, -0.2) is 4.79 Å². The Balaban J connectivity index is 2.43. The molecule has 0 bridgehead atoms. The van der Waals surface area contributed by atoms with Gasteiger partial charge in [0, 0.05) is 19.4 Å². The van der Waals surface area contributed by atoms with Crippen molar-refractivity contribution in [3.8, 4) is 0 Å². The first-order valence-corrected chi connectivity index (χ1v) is 7.37. The maximum absolute atomic E-state index is 11.8. The van der Waals surface area contributed by atoms with Crippen molar-refractivity contribution in [3.05, 3.63) is 47.7 Å². The second kappa shape index (κ2) is 7.78. The van der Waals surface area contributed by atoms with Crippen LogP contribution in [0.1, 0.15) is 25.3 Å². The quantitative estimate of drug-likeness (QED) is 0.774. The van der Waals surface area contributed by atoms with Crippen LogP contribution in [0.4, 0.5) is 0 Å². The van der Waals surface area contributed by atoms with Crippen molar-refractivity contribution < 1.29 is 28.5 Å². The van der Waals surface area contributed by atoms with Crippen LogP contribution in [0.3, 0.4) is 0 Å². The molecule has 0 radical (unpaired) electrons. The molecule has 0 fully saturated rings. The first-order chi connectivity index (χ1) is 11.1. The van der Waals surface area contributed by atoms with Gasteiger partial charge in [-0.3, -0.25) is 4.79 Å². The van der Waals surface area contributed by atoms with Gasteiger partial charge >= 0.3 is 11.9 Å². The second-order valence-electron chi connectivity index (χ2n) is 4.97. The standard InChI is InChI=1S/C17H20O6/c1-4-21-17-15(22-11(2)18)13(12-8-6-5-7-9-12)10-14(23-17)16(19)20-3/h5-10,13,15,17H,4H2,1-3H3/t13-,15+,17-/m0/s1. The molecular weight excluding hydrogens is 300 g/mol. The Kier molecular flexibility index (Phi) is 5.76. The molecule has 0 aromatic heterocycles. The van der Waals surface area contributed by atoms with E-state index >= 15 is 0 Å². The average Bonchev–Trinajstić information content (AvgIpc) is 2.56. The van der Waals surface area contributed by atoms with Crippen LogP contribution in [0, 0.1) is 0 Å². The number of carbonyl (C=O) groups excluding carboxylic acids is 2. The predicted molar refractivity (Wildman–Crippen MR) is 81.3 cm³/mol. The number of rotatable bonds is 5. The number of esters is 2. The summed E-state index contributed by atoms with van der Waals surface area (Å²) < 4.78 is 21.2. The van der Waals surface area contributed by atoms with Crippen molar-refractivity contribution in [2.24, 2.45) is 0 Å². The van der Waals surface area contributed by atoms with Crippen LogP contribution < -0.4 is 0 Å². The van der Waals surface area contributed by atoms with E-state index < -0.39 is 24.3 Å². The van der Waals surface area contributed by atoms with E-state index in [-0.39, 0.29) is 11.7 Å². The van der Waals surface area contributed by atoms with Gasteiger partial charge in [-0.2, -0.15) is 0 Å². The molecule has 3 atom stereocenters. The monoisotopic (exact) mass is 320 g/mol. The van der Waals surface area contributed by atoms with Crippen molar-refractivity contribution in [2.45, 2.75) is 32.2 Å². The third-order valence-electron chi connectivity index (χ3n) is 3.40. The topological polar surface area (TPSA) is 71.1 Å². The third kappa shape index (κ3) is 4.10. The molecular formula is C17H20O6. The molecule has 0 N–H and O–H groups in total. The second-order valence-corrected chi connectivity index (χ2v) is 4.97. The van der Waals surface area contributed by atoms with Crippen molar-refractivity contribution in [1.82, 2.24) is 0 Å². The van der Waals surface area contributed by atoms with Crippen molar-refractivity contribution >= 4 is 11.9 Å². The lowest BCUT2D eigenvalue weighted by atomic mass is 9.90. The summed E-state index contributed by atoms with van der Waals surface area (Å²) in [4.78, 5) is 23.3. The Labute approximate surface area is 135 Å². The molecule has 1 aromatic carbocycles. The van der Waals surface area contributed by atoms with Gasteiger partial charge in [0.2, 0.25) is 12.0 Å².